The van der Waals surface area contributed by atoms with Crippen molar-refractivity contribution >= 4 is 16.9 Å². The third-order valence-corrected chi connectivity index (χ3v) is 2.55. The molecule has 0 radical (unpaired) electrons. The summed E-state index contributed by atoms with van der Waals surface area (Å²) in [5.41, 5.74) is -0.276. The van der Waals surface area contributed by atoms with Crippen LogP contribution >= 0.6 is 11.8 Å². The second-order valence-corrected chi connectivity index (χ2v) is 4.79. The van der Waals surface area contributed by atoms with E-state index in [2.05, 4.69) is 0 Å². The van der Waals surface area contributed by atoms with Crippen molar-refractivity contribution in [3.05, 3.63) is 0 Å². The fourth-order valence-corrected chi connectivity index (χ4v) is 1.40. The number of aliphatic hydroxyl groups is 1. The number of carbonyl (C=O) groups excluding carboxylic acids is 1. The quantitative estimate of drug-likeness (QED) is 0.689. The van der Waals surface area contributed by atoms with E-state index in [0.717, 1.165) is 0 Å². The highest BCUT2D eigenvalue weighted by Gasteiger charge is 2.20. The van der Waals surface area contributed by atoms with Crippen molar-refractivity contribution in [3.63, 3.8) is 0 Å². The highest BCUT2D eigenvalue weighted by molar-refractivity contribution is 8.13. The van der Waals surface area contributed by atoms with Crippen molar-refractivity contribution in [2.75, 3.05) is 25.6 Å². The predicted octanol–water partition coefficient (Wildman–Crippen LogP) is 1.30. The lowest BCUT2D eigenvalue weighted by Crippen LogP contribution is -2.17. The normalized spacial score (nSPS) is 11.7. The van der Waals surface area contributed by atoms with Gasteiger partial charge in [0.25, 0.3) is 0 Å². The molecule has 0 aliphatic rings. The van der Waals surface area contributed by atoms with Gasteiger partial charge in [-0.15, -0.1) is 0 Å². The van der Waals surface area contributed by atoms with Crippen LogP contribution < -0.4 is 0 Å². The molecule has 0 atom stereocenters. The van der Waals surface area contributed by atoms with Crippen LogP contribution in [0.1, 0.15) is 20.8 Å². The average Bonchev–Trinajstić information content (AvgIpc) is 2.02. The second-order valence-electron chi connectivity index (χ2n) is 3.72. The molecule has 3 nitrogen and oxygen atoms in total. The van der Waals surface area contributed by atoms with Crippen molar-refractivity contribution in [3.8, 4) is 0 Å². The van der Waals surface area contributed by atoms with Gasteiger partial charge in [-0.25, -0.2) is 0 Å². The maximum atomic E-state index is 11.4. The molecule has 0 aromatic rings. The van der Waals surface area contributed by atoms with Crippen molar-refractivity contribution in [1.82, 2.24) is 0 Å². The first-order chi connectivity index (χ1) is 5.98. The van der Waals surface area contributed by atoms with Gasteiger partial charge in [0.05, 0.1) is 19.8 Å². The molecular formula is C9H18O3S. The standard InChI is InChI=1S/C9H18O3S/c1-9(2,3)8(11)13-7-6-12-5-4-10/h10H,4-7H2,1-3H3. The van der Waals surface area contributed by atoms with Crippen LogP contribution in [-0.4, -0.2) is 35.8 Å². The van der Waals surface area contributed by atoms with Crippen LogP contribution in [-0.2, 0) is 9.53 Å². The number of carbonyl (C=O) groups is 1. The van der Waals surface area contributed by atoms with Crippen molar-refractivity contribution in [2.45, 2.75) is 20.8 Å². The topological polar surface area (TPSA) is 46.5 Å². The Morgan fingerprint density at radius 1 is 1.38 bits per heavy atom. The highest BCUT2D eigenvalue weighted by Crippen LogP contribution is 2.22. The number of aliphatic hydroxyl groups excluding tert-OH is 1. The number of hydrogen-bond donors (Lipinski definition) is 1. The molecule has 0 amide bonds. The first-order valence-corrected chi connectivity index (χ1v) is 5.33. The summed E-state index contributed by atoms with van der Waals surface area (Å²) in [5, 5.41) is 8.59. The minimum absolute atomic E-state index is 0.0396. The maximum absolute atomic E-state index is 11.4. The number of ether oxygens (including phenoxy) is 1. The molecule has 0 saturated carbocycles. The van der Waals surface area contributed by atoms with Crippen molar-refractivity contribution in [2.24, 2.45) is 5.41 Å². The van der Waals surface area contributed by atoms with Gasteiger partial charge in [0.1, 0.15) is 0 Å². The number of hydrogen-bond acceptors (Lipinski definition) is 4. The Hall–Kier alpha value is -0.0600. The summed E-state index contributed by atoms with van der Waals surface area (Å²) >= 11 is 1.29. The Morgan fingerprint density at radius 2 is 2.00 bits per heavy atom. The molecule has 0 fully saturated rings. The predicted molar refractivity (Wildman–Crippen MR) is 54.8 cm³/mol. The molecular weight excluding hydrogens is 188 g/mol. The molecule has 0 rings (SSSR count). The van der Waals surface area contributed by atoms with E-state index in [0.29, 0.717) is 19.0 Å². The van der Waals surface area contributed by atoms with Gasteiger partial charge in [-0.3, -0.25) is 4.79 Å². The summed E-state index contributed by atoms with van der Waals surface area (Å²) in [5.74, 6) is 0.663. The lowest BCUT2D eigenvalue weighted by atomic mass is 10.00. The smallest absolute Gasteiger partial charge is 0.194 e. The molecule has 13 heavy (non-hydrogen) atoms. The minimum atomic E-state index is -0.276. The van der Waals surface area contributed by atoms with Crippen LogP contribution in [0.3, 0.4) is 0 Å². The molecule has 0 aliphatic carbocycles. The van der Waals surface area contributed by atoms with Crippen LogP contribution in [0.2, 0.25) is 0 Å². The first kappa shape index (κ1) is 12.9. The molecule has 0 aliphatic heterocycles. The van der Waals surface area contributed by atoms with Gasteiger partial charge in [-0.1, -0.05) is 32.5 Å². The van der Waals surface area contributed by atoms with Gasteiger partial charge < -0.3 is 9.84 Å². The fraction of sp³-hybridized carbons (Fsp3) is 0.889. The third kappa shape index (κ3) is 7.05. The van der Waals surface area contributed by atoms with E-state index in [1.54, 1.807) is 0 Å². The Labute approximate surface area is 83.9 Å². The summed E-state index contributed by atoms with van der Waals surface area (Å²) in [6.45, 7) is 6.61. The molecule has 0 heterocycles. The average molecular weight is 206 g/mol. The first-order valence-electron chi connectivity index (χ1n) is 4.34. The molecule has 0 aromatic heterocycles. The molecule has 0 saturated heterocycles. The Morgan fingerprint density at radius 3 is 2.46 bits per heavy atom. The molecule has 1 N–H and O–H groups in total. The van der Waals surface area contributed by atoms with Gasteiger partial charge in [0.2, 0.25) is 0 Å². The van der Waals surface area contributed by atoms with Gasteiger partial charge in [-0.2, -0.15) is 0 Å². The summed E-state index contributed by atoms with van der Waals surface area (Å²) < 4.78 is 5.02. The Kier molecular flexibility index (Phi) is 6.37. The van der Waals surface area contributed by atoms with Gasteiger partial charge >= 0.3 is 0 Å². The lowest BCUT2D eigenvalue weighted by Gasteiger charge is -2.15. The van der Waals surface area contributed by atoms with E-state index in [9.17, 15) is 4.79 Å². The van der Waals surface area contributed by atoms with E-state index < -0.39 is 0 Å². The van der Waals surface area contributed by atoms with E-state index in [1.807, 2.05) is 20.8 Å². The zero-order valence-corrected chi connectivity index (χ0v) is 9.32. The van der Waals surface area contributed by atoms with E-state index in [1.165, 1.54) is 11.8 Å². The SMILES string of the molecule is CC(C)(C)C(=O)SCCOCCO. The minimum Gasteiger partial charge on any atom is -0.394 e. The monoisotopic (exact) mass is 206 g/mol. The lowest BCUT2D eigenvalue weighted by molar-refractivity contribution is -0.117. The van der Waals surface area contributed by atoms with Crippen LogP contribution in [0.5, 0.6) is 0 Å². The molecule has 0 spiro atoms. The van der Waals surface area contributed by atoms with Crippen LogP contribution in [0.15, 0.2) is 0 Å². The Balaban J connectivity index is 3.38. The molecule has 0 aromatic carbocycles. The summed E-state index contributed by atoms with van der Waals surface area (Å²) in [6, 6.07) is 0. The molecule has 0 bridgehead atoms. The molecule has 4 heteroatoms. The summed E-state index contributed by atoms with van der Waals surface area (Å²) in [7, 11) is 0. The largest absolute Gasteiger partial charge is 0.394 e. The summed E-state index contributed by atoms with van der Waals surface area (Å²) in [6.07, 6.45) is 0. The van der Waals surface area contributed by atoms with Crippen LogP contribution in [0.4, 0.5) is 0 Å². The Bertz CT molecular complexity index is 151. The van der Waals surface area contributed by atoms with Gasteiger partial charge in [0, 0.05) is 11.2 Å². The van der Waals surface area contributed by atoms with Crippen molar-refractivity contribution in [1.29, 1.82) is 0 Å². The highest BCUT2D eigenvalue weighted by atomic mass is 32.2. The fourth-order valence-electron chi connectivity index (χ4n) is 0.576. The molecule has 78 valence electrons. The zero-order valence-electron chi connectivity index (χ0n) is 8.50. The van der Waals surface area contributed by atoms with E-state index in [-0.39, 0.29) is 17.1 Å². The number of thioether (sulfide) groups is 1. The maximum Gasteiger partial charge on any atom is 0.194 e. The third-order valence-electron chi connectivity index (χ3n) is 1.31. The van der Waals surface area contributed by atoms with Gasteiger partial charge in [-0.05, 0) is 0 Å². The van der Waals surface area contributed by atoms with E-state index in [4.69, 9.17) is 9.84 Å². The van der Waals surface area contributed by atoms with Gasteiger partial charge in [0.15, 0.2) is 5.12 Å². The van der Waals surface area contributed by atoms with Crippen LogP contribution in [0.25, 0.3) is 0 Å². The second kappa shape index (κ2) is 6.40. The zero-order chi connectivity index (χ0) is 10.3. The molecule has 0 unspecified atom stereocenters. The van der Waals surface area contributed by atoms with E-state index >= 15 is 0 Å². The van der Waals surface area contributed by atoms with Crippen molar-refractivity contribution < 1.29 is 14.6 Å². The van der Waals surface area contributed by atoms with Crippen LogP contribution in [0, 0.1) is 5.41 Å². The summed E-state index contributed by atoms with van der Waals surface area (Å²) in [4.78, 5) is 11.4. The number of rotatable bonds is 5.